The Labute approximate surface area is 214 Å². The van der Waals surface area contributed by atoms with E-state index in [4.69, 9.17) is 5.41 Å². The molecule has 5 heterocycles. The zero-order chi connectivity index (χ0) is 26.8. The number of aryl methyl sites for hydroxylation is 2. The van der Waals surface area contributed by atoms with Crippen LogP contribution in [-0.2, 0) is 7.05 Å². The first-order valence-electron chi connectivity index (χ1n) is 11.9. The normalized spacial score (nSPS) is 15.7. The van der Waals surface area contributed by atoms with Crippen LogP contribution >= 0.6 is 0 Å². The van der Waals surface area contributed by atoms with Crippen molar-refractivity contribution >= 4 is 22.3 Å². The lowest BCUT2D eigenvalue weighted by Gasteiger charge is -2.29. The van der Waals surface area contributed by atoms with Gasteiger partial charge >= 0.3 is 6.18 Å². The first-order valence-corrected chi connectivity index (χ1v) is 11.9. The molecule has 194 valence electrons. The van der Waals surface area contributed by atoms with Crippen LogP contribution in [0.1, 0.15) is 23.7 Å². The zero-order valence-electron chi connectivity index (χ0n) is 20.5. The first-order chi connectivity index (χ1) is 18.1. The lowest BCUT2D eigenvalue weighted by molar-refractivity contribution is -0.183. The lowest BCUT2D eigenvalue weighted by Crippen LogP contribution is -2.37. The predicted molar refractivity (Wildman–Crippen MR) is 133 cm³/mol. The molecule has 0 unspecified atom stereocenters. The van der Waals surface area contributed by atoms with Crippen molar-refractivity contribution in [1.82, 2.24) is 34.3 Å². The van der Waals surface area contributed by atoms with Gasteiger partial charge in [0.15, 0.2) is 11.5 Å². The summed E-state index contributed by atoms with van der Waals surface area (Å²) in [6, 6.07) is 9.16. The summed E-state index contributed by atoms with van der Waals surface area (Å²) in [7, 11) is 1.73. The van der Waals surface area contributed by atoms with E-state index in [1.54, 1.807) is 36.0 Å². The van der Waals surface area contributed by atoms with Crippen molar-refractivity contribution in [2.24, 2.45) is 7.05 Å². The molecular formula is C26H22F4N8. The maximum absolute atomic E-state index is 14.9. The Morgan fingerprint density at radius 1 is 1.05 bits per heavy atom. The Kier molecular flexibility index (Phi) is 5.53. The van der Waals surface area contributed by atoms with Gasteiger partial charge in [-0.05, 0) is 49.2 Å². The molecule has 6 rings (SSSR count). The van der Waals surface area contributed by atoms with E-state index in [0.29, 0.717) is 39.9 Å². The van der Waals surface area contributed by atoms with Crippen molar-refractivity contribution in [3.63, 3.8) is 0 Å². The standard InChI is InChI=1S/C26H22F4N8/c1-14-9-22(36(2)35-14)18-11-21-15(10-19(18)27)3-5-20(32-21)25-34-33-23-6-4-16(12-38(23)25)24(26(28,29)30)37-8-7-17(31)13-37/h3-6,9-12,24,31H,7-8,13H2,1-2H3/t24-/m1/s1. The number of nitrogens with zero attached hydrogens (tertiary/aromatic N) is 7. The van der Waals surface area contributed by atoms with Gasteiger partial charge in [-0.2, -0.15) is 18.3 Å². The number of halogens is 4. The van der Waals surface area contributed by atoms with Gasteiger partial charge in [-0.3, -0.25) is 14.0 Å². The minimum atomic E-state index is -4.53. The van der Waals surface area contributed by atoms with Crippen LogP contribution in [0.5, 0.6) is 0 Å². The number of rotatable bonds is 4. The molecule has 1 fully saturated rings. The molecule has 0 radical (unpaired) electrons. The van der Waals surface area contributed by atoms with Gasteiger partial charge in [0.05, 0.1) is 16.9 Å². The second-order valence-electron chi connectivity index (χ2n) is 9.50. The summed E-state index contributed by atoms with van der Waals surface area (Å²) >= 11 is 0. The highest BCUT2D eigenvalue weighted by atomic mass is 19.4. The molecule has 0 spiro atoms. The van der Waals surface area contributed by atoms with Gasteiger partial charge in [-0.1, -0.05) is 12.1 Å². The van der Waals surface area contributed by atoms with Gasteiger partial charge in [-0.25, -0.2) is 9.37 Å². The third kappa shape index (κ3) is 4.10. The maximum Gasteiger partial charge on any atom is 0.408 e. The summed E-state index contributed by atoms with van der Waals surface area (Å²) < 4.78 is 60.5. The Bertz CT molecular complexity index is 1720. The van der Waals surface area contributed by atoms with E-state index >= 15 is 0 Å². The molecule has 1 atom stereocenters. The van der Waals surface area contributed by atoms with Crippen LogP contribution in [0.25, 0.3) is 39.3 Å². The number of pyridine rings is 2. The van der Waals surface area contributed by atoms with E-state index in [9.17, 15) is 17.6 Å². The fourth-order valence-corrected chi connectivity index (χ4v) is 5.08. The second-order valence-corrected chi connectivity index (χ2v) is 9.50. The van der Waals surface area contributed by atoms with Crippen LogP contribution in [0.2, 0.25) is 0 Å². The molecule has 1 N–H and O–H groups in total. The van der Waals surface area contributed by atoms with E-state index < -0.39 is 18.0 Å². The molecule has 0 bridgehead atoms. The van der Waals surface area contributed by atoms with Gasteiger partial charge in [0.2, 0.25) is 0 Å². The summed E-state index contributed by atoms with van der Waals surface area (Å²) in [5.74, 6) is -0.151. The van der Waals surface area contributed by atoms with E-state index in [1.165, 1.54) is 33.7 Å². The third-order valence-electron chi connectivity index (χ3n) is 6.80. The second kappa shape index (κ2) is 8.69. The minimum Gasteiger partial charge on any atom is -0.308 e. The molecule has 5 aromatic rings. The predicted octanol–water partition coefficient (Wildman–Crippen LogP) is 5.12. The minimum absolute atomic E-state index is 0.0254. The first kappa shape index (κ1) is 24.2. The van der Waals surface area contributed by atoms with Crippen molar-refractivity contribution in [2.45, 2.75) is 25.6 Å². The molecular weight excluding hydrogens is 500 g/mol. The largest absolute Gasteiger partial charge is 0.408 e. The van der Waals surface area contributed by atoms with Crippen LogP contribution in [0, 0.1) is 18.2 Å². The molecule has 1 saturated heterocycles. The summed E-state index contributed by atoms with van der Waals surface area (Å²) in [6.07, 6.45) is -2.84. The Morgan fingerprint density at radius 2 is 1.87 bits per heavy atom. The van der Waals surface area contributed by atoms with Crippen molar-refractivity contribution < 1.29 is 17.6 Å². The molecule has 1 aliphatic heterocycles. The van der Waals surface area contributed by atoms with Gasteiger partial charge in [-0.15, -0.1) is 10.2 Å². The average Bonchev–Trinajstić information content (AvgIpc) is 3.55. The average molecular weight is 523 g/mol. The molecule has 4 aromatic heterocycles. The molecule has 12 heteroatoms. The van der Waals surface area contributed by atoms with Crippen molar-refractivity contribution in [3.8, 4) is 22.8 Å². The number of likely N-dealkylation sites (tertiary alicyclic amines) is 1. The van der Waals surface area contributed by atoms with Crippen LogP contribution in [0.15, 0.2) is 48.7 Å². The third-order valence-corrected chi connectivity index (χ3v) is 6.80. The monoisotopic (exact) mass is 522 g/mol. The van der Waals surface area contributed by atoms with Gasteiger partial charge in [0.1, 0.15) is 17.6 Å². The number of hydrogen-bond donors (Lipinski definition) is 1. The highest BCUT2D eigenvalue weighted by Crippen LogP contribution is 2.39. The topological polar surface area (TPSA) is 88.0 Å². The molecule has 1 aromatic carbocycles. The lowest BCUT2D eigenvalue weighted by atomic mass is 10.1. The van der Waals surface area contributed by atoms with Crippen LogP contribution in [0.3, 0.4) is 0 Å². The Morgan fingerprint density at radius 3 is 2.55 bits per heavy atom. The van der Waals surface area contributed by atoms with Crippen LogP contribution in [-0.4, -0.2) is 59.2 Å². The Balaban J connectivity index is 1.45. The van der Waals surface area contributed by atoms with Gasteiger partial charge in [0, 0.05) is 43.0 Å². The molecule has 0 saturated carbocycles. The SMILES string of the molecule is Cc1cc(-c2cc3nc(-c4nnc5ccc([C@@H](N6CCC(=N)C6)C(F)(F)F)cn45)ccc3cc2F)n(C)n1. The number of benzene rings is 1. The van der Waals surface area contributed by atoms with E-state index in [2.05, 4.69) is 20.3 Å². The van der Waals surface area contributed by atoms with Crippen LogP contribution in [0.4, 0.5) is 17.6 Å². The molecule has 8 nitrogen and oxygen atoms in total. The number of hydrogen-bond acceptors (Lipinski definition) is 6. The number of alkyl halides is 3. The summed E-state index contributed by atoms with van der Waals surface area (Å²) in [4.78, 5) is 5.92. The smallest absolute Gasteiger partial charge is 0.308 e. The van der Waals surface area contributed by atoms with E-state index in [-0.39, 0.29) is 30.2 Å². The fraction of sp³-hybridized carbons (Fsp3) is 0.269. The maximum atomic E-state index is 14.9. The van der Waals surface area contributed by atoms with Crippen LogP contribution < -0.4 is 0 Å². The Hall–Kier alpha value is -4.19. The number of nitrogens with one attached hydrogen (secondary N) is 1. The van der Waals surface area contributed by atoms with Crippen molar-refractivity contribution in [1.29, 1.82) is 5.41 Å². The summed E-state index contributed by atoms with van der Waals surface area (Å²) in [6.45, 7) is 1.95. The molecule has 38 heavy (non-hydrogen) atoms. The summed E-state index contributed by atoms with van der Waals surface area (Å²) in [5, 5.41) is 20.9. The zero-order valence-corrected chi connectivity index (χ0v) is 20.5. The molecule has 0 aliphatic carbocycles. The number of aromatic nitrogens is 6. The van der Waals surface area contributed by atoms with Gasteiger partial charge < -0.3 is 5.41 Å². The van der Waals surface area contributed by atoms with E-state index in [0.717, 1.165) is 5.69 Å². The highest BCUT2D eigenvalue weighted by Gasteiger charge is 2.46. The quantitative estimate of drug-likeness (QED) is 0.331. The van der Waals surface area contributed by atoms with Crippen molar-refractivity contribution in [2.75, 3.05) is 13.1 Å². The molecule has 1 aliphatic rings. The highest BCUT2D eigenvalue weighted by molar-refractivity contribution is 5.86. The summed E-state index contributed by atoms with van der Waals surface area (Å²) in [5.41, 5.74) is 3.23. The van der Waals surface area contributed by atoms with Gasteiger partial charge in [0.25, 0.3) is 0 Å². The fourth-order valence-electron chi connectivity index (χ4n) is 5.08. The number of fused-ring (bicyclic) bond motifs is 2. The van der Waals surface area contributed by atoms with E-state index in [1.807, 2.05) is 6.92 Å². The van der Waals surface area contributed by atoms with Crippen molar-refractivity contribution in [3.05, 3.63) is 65.7 Å². The molecule has 0 amide bonds.